The highest BCUT2D eigenvalue weighted by molar-refractivity contribution is 5.78. The van der Waals surface area contributed by atoms with E-state index < -0.39 is 5.69 Å². The molecule has 2 heterocycles. The number of aromatic nitrogens is 2. The molecule has 1 aromatic carbocycles. The van der Waals surface area contributed by atoms with Crippen LogP contribution in [0.3, 0.4) is 0 Å². The van der Waals surface area contributed by atoms with Gasteiger partial charge in [0.05, 0.1) is 16.9 Å². The number of nitrogens with one attached hydrogen (secondary N) is 2. The Morgan fingerprint density at radius 2 is 2.06 bits per heavy atom. The molecule has 0 spiro atoms. The Labute approximate surface area is 95.5 Å². The van der Waals surface area contributed by atoms with Gasteiger partial charge in [-0.1, -0.05) is 0 Å². The molecule has 1 aromatic heterocycles. The minimum atomic E-state index is -0.403. The summed E-state index contributed by atoms with van der Waals surface area (Å²) in [5.74, 6) is 0.0138. The summed E-state index contributed by atoms with van der Waals surface area (Å²) < 4.78 is 1.21. The van der Waals surface area contributed by atoms with Crippen molar-refractivity contribution >= 4 is 10.9 Å². The molecular weight excluding hydrogens is 222 g/mol. The summed E-state index contributed by atoms with van der Waals surface area (Å²) in [4.78, 5) is 26.6. The third-order valence-electron chi connectivity index (χ3n) is 3.04. The molecule has 6 heteroatoms. The van der Waals surface area contributed by atoms with Crippen LogP contribution in [0.15, 0.2) is 27.8 Å². The number of nitrogens with zero attached hydrogens (tertiary/aromatic N) is 1. The van der Waals surface area contributed by atoms with E-state index in [-0.39, 0.29) is 17.4 Å². The summed E-state index contributed by atoms with van der Waals surface area (Å²) in [7, 11) is 0. The summed E-state index contributed by atoms with van der Waals surface area (Å²) in [6.45, 7) is 1.24. The molecular formula is C11H11N3O3. The smallest absolute Gasteiger partial charge is 0.329 e. The van der Waals surface area contributed by atoms with E-state index >= 15 is 0 Å². The third kappa shape index (κ3) is 1.45. The van der Waals surface area contributed by atoms with Gasteiger partial charge in [-0.05, 0) is 18.2 Å². The van der Waals surface area contributed by atoms with Crippen LogP contribution in [0, 0.1) is 0 Å². The number of phenols is 1. The Morgan fingerprint density at radius 1 is 1.29 bits per heavy atom. The average molecular weight is 233 g/mol. The Bertz CT molecular complexity index is 697. The van der Waals surface area contributed by atoms with Crippen LogP contribution in [0.25, 0.3) is 10.9 Å². The van der Waals surface area contributed by atoms with Crippen LogP contribution >= 0.6 is 0 Å². The van der Waals surface area contributed by atoms with E-state index in [1.165, 1.54) is 22.8 Å². The van der Waals surface area contributed by atoms with Crippen molar-refractivity contribution in [3.05, 3.63) is 39.0 Å². The summed E-state index contributed by atoms with van der Waals surface area (Å²) in [6.07, 6.45) is 0. The predicted molar refractivity (Wildman–Crippen MR) is 62.4 cm³/mol. The Hall–Kier alpha value is -2.08. The molecule has 0 aliphatic carbocycles. The van der Waals surface area contributed by atoms with Gasteiger partial charge in [0, 0.05) is 13.1 Å². The zero-order valence-electron chi connectivity index (χ0n) is 8.93. The standard InChI is InChI=1S/C11H11N3O3/c15-7-1-2-9-8(3-7)10(16)14(11(17)13-9)6-4-12-5-6/h1-3,6,12,15H,4-5H2,(H,13,17). The molecule has 1 aliphatic heterocycles. The molecule has 3 N–H and O–H groups in total. The van der Waals surface area contributed by atoms with Crippen LogP contribution in [0.5, 0.6) is 5.75 Å². The van der Waals surface area contributed by atoms with Crippen molar-refractivity contribution in [3.8, 4) is 5.75 Å². The van der Waals surface area contributed by atoms with Gasteiger partial charge < -0.3 is 15.4 Å². The van der Waals surface area contributed by atoms with Crippen molar-refractivity contribution in [2.45, 2.75) is 6.04 Å². The maximum absolute atomic E-state index is 12.1. The van der Waals surface area contributed by atoms with E-state index in [0.717, 1.165) is 0 Å². The zero-order valence-corrected chi connectivity index (χ0v) is 8.93. The summed E-state index contributed by atoms with van der Waals surface area (Å²) in [5.41, 5.74) is -0.313. The number of hydrogen-bond donors (Lipinski definition) is 3. The second kappa shape index (κ2) is 3.46. The molecule has 17 heavy (non-hydrogen) atoms. The van der Waals surface area contributed by atoms with E-state index in [1.807, 2.05) is 0 Å². The normalized spacial score (nSPS) is 16.0. The fourth-order valence-corrected chi connectivity index (χ4v) is 2.00. The van der Waals surface area contributed by atoms with Crippen LogP contribution in [0.2, 0.25) is 0 Å². The second-order valence-corrected chi connectivity index (χ2v) is 4.15. The quantitative estimate of drug-likeness (QED) is 0.622. The van der Waals surface area contributed by atoms with Crippen LogP contribution in [0.4, 0.5) is 0 Å². The molecule has 0 saturated carbocycles. The molecule has 0 bridgehead atoms. The number of fused-ring (bicyclic) bond motifs is 1. The molecule has 3 rings (SSSR count). The van der Waals surface area contributed by atoms with Gasteiger partial charge in [0.15, 0.2) is 0 Å². The first kappa shape index (κ1) is 10.1. The largest absolute Gasteiger partial charge is 0.508 e. The van der Waals surface area contributed by atoms with Gasteiger partial charge in [0.1, 0.15) is 5.75 Å². The van der Waals surface area contributed by atoms with Crippen LogP contribution in [-0.4, -0.2) is 27.7 Å². The van der Waals surface area contributed by atoms with Crippen LogP contribution in [0.1, 0.15) is 6.04 Å². The first-order valence-corrected chi connectivity index (χ1v) is 5.35. The lowest BCUT2D eigenvalue weighted by Gasteiger charge is -2.28. The van der Waals surface area contributed by atoms with Gasteiger partial charge in [0.25, 0.3) is 5.56 Å². The molecule has 0 amide bonds. The third-order valence-corrected chi connectivity index (χ3v) is 3.04. The van der Waals surface area contributed by atoms with Gasteiger partial charge in [0.2, 0.25) is 0 Å². The van der Waals surface area contributed by atoms with Crippen LogP contribution in [-0.2, 0) is 0 Å². The van der Waals surface area contributed by atoms with Crippen molar-refractivity contribution in [1.82, 2.24) is 14.9 Å². The molecule has 1 fully saturated rings. The minimum Gasteiger partial charge on any atom is -0.508 e. The molecule has 1 saturated heterocycles. The SMILES string of the molecule is O=c1[nH]c2ccc(O)cc2c(=O)n1C1CNC1. The highest BCUT2D eigenvalue weighted by atomic mass is 16.3. The molecule has 6 nitrogen and oxygen atoms in total. The lowest BCUT2D eigenvalue weighted by atomic mass is 10.1. The molecule has 0 radical (unpaired) electrons. The number of phenolic OH excluding ortho intramolecular Hbond substituents is 1. The van der Waals surface area contributed by atoms with Gasteiger partial charge >= 0.3 is 5.69 Å². The number of H-pyrrole nitrogens is 1. The molecule has 0 unspecified atom stereocenters. The number of rotatable bonds is 1. The first-order chi connectivity index (χ1) is 8.16. The lowest BCUT2D eigenvalue weighted by Crippen LogP contribution is -2.51. The number of aromatic amines is 1. The lowest BCUT2D eigenvalue weighted by molar-refractivity contribution is 0.327. The van der Waals surface area contributed by atoms with E-state index in [2.05, 4.69) is 10.3 Å². The van der Waals surface area contributed by atoms with Crippen LogP contribution < -0.4 is 16.6 Å². The van der Waals surface area contributed by atoms with Gasteiger partial charge in [-0.3, -0.25) is 9.36 Å². The zero-order chi connectivity index (χ0) is 12.0. The van der Waals surface area contributed by atoms with E-state index in [0.29, 0.717) is 24.0 Å². The van der Waals surface area contributed by atoms with Crippen molar-refractivity contribution < 1.29 is 5.11 Å². The maximum atomic E-state index is 12.1. The second-order valence-electron chi connectivity index (χ2n) is 4.15. The summed E-state index contributed by atoms with van der Waals surface area (Å²) >= 11 is 0. The molecule has 0 atom stereocenters. The predicted octanol–water partition coefficient (Wildman–Crippen LogP) is -0.460. The van der Waals surface area contributed by atoms with E-state index in [4.69, 9.17) is 0 Å². The molecule has 88 valence electrons. The van der Waals surface area contributed by atoms with Crippen molar-refractivity contribution in [3.63, 3.8) is 0 Å². The fraction of sp³-hybridized carbons (Fsp3) is 0.273. The van der Waals surface area contributed by atoms with E-state index in [9.17, 15) is 14.7 Å². The highest BCUT2D eigenvalue weighted by Gasteiger charge is 2.23. The summed E-state index contributed by atoms with van der Waals surface area (Å²) in [6, 6.07) is 4.23. The highest BCUT2D eigenvalue weighted by Crippen LogP contribution is 2.15. The maximum Gasteiger partial charge on any atom is 0.329 e. The van der Waals surface area contributed by atoms with Crippen molar-refractivity contribution in [1.29, 1.82) is 0 Å². The number of hydrogen-bond acceptors (Lipinski definition) is 4. The van der Waals surface area contributed by atoms with Gasteiger partial charge in [-0.25, -0.2) is 4.79 Å². The number of aromatic hydroxyl groups is 1. The average Bonchev–Trinajstić information content (AvgIpc) is 2.23. The van der Waals surface area contributed by atoms with Crippen molar-refractivity contribution in [2.24, 2.45) is 0 Å². The Kier molecular flexibility index (Phi) is 2.05. The minimum absolute atomic E-state index is 0.0138. The Balaban J connectivity index is 2.36. The Morgan fingerprint density at radius 3 is 2.71 bits per heavy atom. The monoisotopic (exact) mass is 233 g/mol. The number of benzene rings is 1. The first-order valence-electron chi connectivity index (χ1n) is 5.35. The fourth-order valence-electron chi connectivity index (χ4n) is 2.00. The van der Waals surface area contributed by atoms with Gasteiger partial charge in [-0.2, -0.15) is 0 Å². The van der Waals surface area contributed by atoms with Crippen molar-refractivity contribution in [2.75, 3.05) is 13.1 Å². The molecule has 2 aromatic rings. The van der Waals surface area contributed by atoms with E-state index in [1.54, 1.807) is 0 Å². The molecule has 1 aliphatic rings. The topological polar surface area (TPSA) is 87.1 Å². The summed E-state index contributed by atoms with van der Waals surface area (Å²) in [5, 5.41) is 12.7. The van der Waals surface area contributed by atoms with Gasteiger partial charge in [-0.15, -0.1) is 0 Å².